The first-order valence-electron chi connectivity index (χ1n) is 2.13. The Morgan fingerprint density at radius 3 is 2.33 bits per heavy atom. The van der Waals surface area contributed by atoms with Crippen molar-refractivity contribution in [3.05, 3.63) is 24.8 Å². The van der Waals surface area contributed by atoms with Crippen molar-refractivity contribution in [3.8, 4) is 0 Å². The van der Waals surface area contributed by atoms with Crippen LogP contribution in [0, 0.1) is 0 Å². The van der Waals surface area contributed by atoms with Crippen LogP contribution in [0.15, 0.2) is 24.8 Å². The molecule has 0 aliphatic carbocycles. The maximum Gasteiger partial charge on any atom is 0.115 e. The summed E-state index contributed by atoms with van der Waals surface area (Å²) in [5.41, 5.74) is 0. The number of hydrogen-bond donors (Lipinski definition) is 0. The zero-order valence-corrected chi connectivity index (χ0v) is 3.13. The maximum atomic E-state index is 6.77. The van der Waals surface area contributed by atoms with Crippen LogP contribution in [0.4, 0.5) is 0 Å². The van der Waals surface area contributed by atoms with Crippen molar-refractivity contribution in [2.75, 3.05) is 0 Å². The van der Waals surface area contributed by atoms with Gasteiger partial charge in [-0.15, -0.1) is 0 Å². The lowest BCUT2D eigenvalue weighted by Crippen LogP contribution is -1.66. The van der Waals surface area contributed by atoms with Gasteiger partial charge in [-0.25, -0.2) is 9.97 Å². The molecular weight excluding hydrogens is 76.1 g/mol. The molecule has 0 aliphatic rings. The standard InChI is InChI=1S/C4H4N2/c1-2-5-4-6-3-1/h1-4H/i4T. The molecule has 0 unspecified atom stereocenters. The van der Waals surface area contributed by atoms with Crippen molar-refractivity contribution >= 4 is 0 Å². The zero-order chi connectivity index (χ0) is 5.11. The lowest BCUT2D eigenvalue weighted by Gasteiger charge is -1.70. The van der Waals surface area contributed by atoms with Crippen LogP contribution in [0.3, 0.4) is 0 Å². The van der Waals surface area contributed by atoms with Crippen LogP contribution in [-0.2, 0) is 0 Å². The van der Waals surface area contributed by atoms with E-state index in [0.717, 1.165) is 0 Å². The summed E-state index contributed by atoms with van der Waals surface area (Å²) in [5, 5.41) is 0. The molecule has 0 radical (unpaired) electrons. The van der Waals surface area contributed by atoms with E-state index in [0.29, 0.717) is 0 Å². The molecule has 0 saturated heterocycles. The highest BCUT2D eigenvalue weighted by Crippen LogP contribution is 1.66. The summed E-state index contributed by atoms with van der Waals surface area (Å²) in [6.45, 7) is 0. The van der Waals surface area contributed by atoms with Crippen molar-refractivity contribution in [1.29, 1.82) is 0 Å². The molecule has 0 saturated carbocycles. The van der Waals surface area contributed by atoms with E-state index in [-0.39, 0.29) is 6.30 Å². The van der Waals surface area contributed by atoms with E-state index in [1.54, 1.807) is 6.07 Å². The van der Waals surface area contributed by atoms with Gasteiger partial charge in [-0.2, -0.15) is 0 Å². The van der Waals surface area contributed by atoms with Crippen molar-refractivity contribution in [2.24, 2.45) is 0 Å². The summed E-state index contributed by atoms with van der Waals surface area (Å²) in [6, 6.07) is 1.68. The van der Waals surface area contributed by atoms with E-state index in [2.05, 4.69) is 9.97 Å². The smallest absolute Gasteiger partial charge is 0.115 e. The number of rotatable bonds is 0. The van der Waals surface area contributed by atoms with Gasteiger partial charge in [0.2, 0.25) is 0 Å². The molecule has 1 aromatic rings. The minimum absolute atomic E-state index is 0.0718. The summed E-state index contributed by atoms with van der Waals surface area (Å²) < 4.78 is 6.77. The highest BCUT2D eigenvalue weighted by atomic mass is 14.8. The number of hydrogen-bond acceptors (Lipinski definition) is 2. The molecule has 1 heterocycles. The Morgan fingerprint density at radius 1 is 1.33 bits per heavy atom. The van der Waals surface area contributed by atoms with Crippen molar-refractivity contribution in [2.45, 2.75) is 0 Å². The van der Waals surface area contributed by atoms with Gasteiger partial charge < -0.3 is 0 Å². The molecule has 0 aliphatic heterocycles. The van der Waals surface area contributed by atoms with Gasteiger partial charge in [-0.05, 0) is 6.07 Å². The molecule has 30 valence electrons. The van der Waals surface area contributed by atoms with Crippen LogP contribution in [0.2, 0.25) is 0 Å². The van der Waals surface area contributed by atoms with Crippen LogP contribution in [-0.4, -0.2) is 9.97 Å². The monoisotopic (exact) mass is 82.0 g/mol. The Kier molecular flexibility index (Phi) is 0.572. The van der Waals surface area contributed by atoms with E-state index in [9.17, 15) is 0 Å². The normalized spacial score (nSPS) is 10.3. The van der Waals surface area contributed by atoms with Gasteiger partial charge in [0.15, 0.2) is 0 Å². The third-order valence-electron chi connectivity index (χ3n) is 0.437. The molecule has 0 amide bonds. The van der Waals surface area contributed by atoms with E-state index >= 15 is 0 Å². The molecule has 1 aromatic heterocycles. The molecule has 2 heteroatoms. The largest absolute Gasteiger partial charge is 0.245 e. The third kappa shape index (κ3) is 0.516. The molecule has 0 atom stereocenters. The van der Waals surface area contributed by atoms with Crippen LogP contribution in [0.1, 0.15) is 1.37 Å². The lowest BCUT2D eigenvalue weighted by atomic mass is 10.7. The highest BCUT2D eigenvalue weighted by Gasteiger charge is 1.59. The second-order valence-corrected chi connectivity index (χ2v) is 0.849. The lowest BCUT2D eigenvalue weighted by molar-refractivity contribution is 1.17. The van der Waals surface area contributed by atoms with Crippen LogP contribution < -0.4 is 0 Å². The quantitative estimate of drug-likeness (QED) is 0.455. The van der Waals surface area contributed by atoms with Crippen molar-refractivity contribution in [1.82, 2.24) is 9.97 Å². The highest BCUT2D eigenvalue weighted by molar-refractivity contribution is 4.74. The first-order valence-corrected chi connectivity index (χ1v) is 1.63. The third-order valence-corrected chi connectivity index (χ3v) is 0.437. The molecule has 0 spiro atoms. The molecule has 2 nitrogen and oxygen atoms in total. The van der Waals surface area contributed by atoms with Crippen molar-refractivity contribution < 1.29 is 1.37 Å². The number of aromatic nitrogens is 2. The van der Waals surface area contributed by atoms with Gasteiger partial charge in [0, 0.05) is 12.4 Å². The minimum atomic E-state index is 0.0718. The Hall–Kier alpha value is -0.920. The summed E-state index contributed by atoms with van der Waals surface area (Å²) in [7, 11) is 0. The first-order chi connectivity index (χ1) is 3.39. The SMILES string of the molecule is [3H]c1ncccn1. The summed E-state index contributed by atoms with van der Waals surface area (Å²) in [6.07, 6.45) is 3.15. The van der Waals surface area contributed by atoms with E-state index in [4.69, 9.17) is 1.37 Å². The summed E-state index contributed by atoms with van der Waals surface area (Å²) in [4.78, 5) is 7.07. The maximum absolute atomic E-state index is 6.77. The van der Waals surface area contributed by atoms with Gasteiger partial charge in [0.25, 0.3) is 0 Å². The fraction of sp³-hybridized carbons (Fsp3) is 0. The fourth-order valence-electron chi connectivity index (χ4n) is 0.225. The Balaban J connectivity index is 3.02. The zero-order valence-electron chi connectivity index (χ0n) is 4.13. The summed E-state index contributed by atoms with van der Waals surface area (Å²) >= 11 is 0. The Bertz CT molecular complexity index is 140. The summed E-state index contributed by atoms with van der Waals surface area (Å²) in [5.74, 6) is 0. The van der Waals surface area contributed by atoms with Gasteiger partial charge in [-0.3, -0.25) is 0 Å². The molecule has 0 bridgehead atoms. The Morgan fingerprint density at radius 2 is 2.00 bits per heavy atom. The Labute approximate surface area is 37.3 Å². The van der Waals surface area contributed by atoms with Gasteiger partial charge in [0.05, 0.1) is 0 Å². The van der Waals surface area contributed by atoms with Gasteiger partial charge in [-0.1, -0.05) is 0 Å². The minimum Gasteiger partial charge on any atom is -0.245 e. The van der Waals surface area contributed by atoms with E-state index < -0.39 is 0 Å². The second-order valence-electron chi connectivity index (χ2n) is 0.849. The second kappa shape index (κ2) is 1.50. The van der Waals surface area contributed by atoms with Gasteiger partial charge in [0.1, 0.15) is 7.67 Å². The van der Waals surface area contributed by atoms with E-state index in [1.165, 1.54) is 12.4 Å². The molecule has 0 fully saturated rings. The van der Waals surface area contributed by atoms with Crippen molar-refractivity contribution in [3.63, 3.8) is 0 Å². The van der Waals surface area contributed by atoms with Crippen LogP contribution >= 0.6 is 0 Å². The fourth-order valence-corrected chi connectivity index (χ4v) is 0.225. The molecule has 0 aromatic carbocycles. The predicted molar refractivity (Wildman–Crippen MR) is 22.0 cm³/mol. The van der Waals surface area contributed by atoms with E-state index in [1.807, 2.05) is 0 Å². The van der Waals surface area contributed by atoms with Gasteiger partial charge >= 0.3 is 0 Å². The molecular formula is C4H4N2. The number of nitrogens with zero attached hydrogens (tertiary/aromatic N) is 2. The molecule has 6 heavy (non-hydrogen) atoms. The first kappa shape index (κ1) is 2.29. The van der Waals surface area contributed by atoms with Crippen LogP contribution in [0.25, 0.3) is 0 Å². The predicted octanol–water partition coefficient (Wildman–Crippen LogP) is 0.477. The average molecular weight is 82.1 g/mol. The van der Waals surface area contributed by atoms with Crippen LogP contribution in [0.5, 0.6) is 0 Å². The average Bonchev–Trinajstić information content (AvgIpc) is 1.69. The molecule has 0 N–H and O–H groups in total. The topological polar surface area (TPSA) is 25.8 Å². The molecule has 1 rings (SSSR count).